The summed E-state index contributed by atoms with van der Waals surface area (Å²) in [6.45, 7) is 4.01. The molecular weight excluding hydrogens is 505 g/mol. The van der Waals surface area contributed by atoms with E-state index < -0.39 is 15.8 Å². The maximum absolute atomic E-state index is 15.2. The normalized spacial score (nSPS) is 12.1. The van der Waals surface area contributed by atoms with Gasteiger partial charge in [0.05, 0.1) is 27.3 Å². The van der Waals surface area contributed by atoms with Gasteiger partial charge >= 0.3 is 0 Å². The van der Waals surface area contributed by atoms with Crippen LogP contribution in [0, 0.1) is 5.82 Å². The Balaban J connectivity index is 1.73. The molecule has 0 spiro atoms. The van der Waals surface area contributed by atoms with Gasteiger partial charge in [0.15, 0.2) is 5.82 Å². The number of halogens is 2. The van der Waals surface area contributed by atoms with Crippen LogP contribution in [0.25, 0.3) is 22.3 Å². The molecule has 1 N–H and O–H groups in total. The molecule has 0 saturated carbocycles. The summed E-state index contributed by atoms with van der Waals surface area (Å²) in [5.74, 6) is 0.392. The lowest BCUT2D eigenvalue weighted by molar-refractivity contribution is 0.521. The largest absolute Gasteiger partial charge is 0.348 e. The van der Waals surface area contributed by atoms with Crippen LogP contribution >= 0.6 is 11.6 Å². The van der Waals surface area contributed by atoms with Crippen molar-refractivity contribution in [2.75, 3.05) is 38.4 Å². The van der Waals surface area contributed by atoms with E-state index in [0.29, 0.717) is 28.4 Å². The number of rotatable bonds is 7. The molecule has 0 atom stereocenters. The van der Waals surface area contributed by atoms with Crippen LogP contribution in [0.3, 0.4) is 0 Å². The summed E-state index contributed by atoms with van der Waals surface area (Å²) in [5, 5.41) is 3.30. The third-order valence-corrected chi connectivity index (χ3v) is 7.66. The highest BCUT2D eigenvalue weighted by Gasteiger charge is 2.21. The molecule has 0 bridgehead atoms. The summed E-state index contributed by atoms with van der Waals surface area (Å²) in [4.78, 5) is 15.2. The second kappa shape index (κ2) is 9.64. The molecule has 4 rings (SSSR count). The highest BCUT2D eigenvalue weighted by Crippen LogP contribution is 2.34. The zero-order chi connectivity index (χ0) is 26.4. The second-order valence-corrected chi connectivity index (χ2v) is 11.5. The van der Waals surface area contributed by atoms with Gasteiger partial charge in [0, 0.05) is 45.5 Å². The van der Waals surface area contributed by atoms with Crippen molar-refractivity contribution in [2.24, 2.45) is 0 Å². The monoisotopic (exact) mass is 531 g/mol. The van der Waals surface area contributed by atoms with Crippen molar-refractivity contribution < 1.29 is 12.8 Å². The van der Waals surface area contributed by atoms with Crippen LogP contribution in [0.5, 0.6) is 0 Å². The minimum Gasteiger partial charge on any atom is -0.348 e. The van der Waals surface area contributed by atoms with Crippen LogP contribution < -0.4 is 10.2 Å². The molecule has 0 saturated heterocycles. The summed E-state index contributed by atoms with van der Waals surface area (Å²) in [7, 11) is 3.13. The summed E-state index contributed by atoms with van der Waals surface area (Å²) >= 11 is 6.42. The first-order valence-corrected chi connectivity index (χ1v) is 12.9. The number of nitrogens with one attached hydrogen (secondary N) is 1. The van der Waals surface area contributed by atoms with Gasteiger partial charge < -0.3 is 14.8 Å². The van der Waals surface area contributed by atoms with Crippen LogP contribution in [0.1, 0.15) is 19.9 Å². The van der Waals surface area contributed by atoms with E-state index >= 15 is 4.39 Å². The molecule has 190 valence electrons. The minimum atomic E-state index is -3.54. The van der Waals surface area contributed by atoms with Crippen LogP contribution in [-0.2, 0) is 10.0 Å². The Bertz CT molecular complexity index is 1530. The number of anilines is 3. The number of hydrogen-bond acceptors (Lipinski definition) is 7. The average Bonchev–Trinajstić information content (AvgIpc) is 3.21. The molecule has 2 aromatic heterocycles. The third-order valence-electron chi connectivity index (χ3n) is 5.55. The Labute approximate surface area is 214 Å². The molecular formula is C24H27ClFN7O2S. The number of fused-ring (bicyclic) bond motifs is 1. The van der Waals surface area contributed by atoms with E-state index in [4.69, 9.17) is 11.6 Å². The van der Waals surface area contributed by atoms with Crippen molar-refractivity contribution in [3.8, 4) is 11.3 Å². The predicted octanol–water partition coefficient (Wildman–Crippen LogP) is 4.93. The zero-order valence-corrected chi connectivity index (χ0v) is 22.4. The smallest absolute Gasteiger partial charge is 0.242 e. The van der Waals surface area contributed by atoms with E-state index in [0.717, 1.165) is 4.31 Å². The molecule has 9 nitrogen and oxygen atoms in total. The van der Waals surface area contributed by atoms with Crippen LogP contribution in [0.15, 0.2) is 47.5 Å². The van der Waals surface area contributed by atoms with E-state index in [1.54, 1.807) is 12.1 Å². The second-order valence-electron chi connectivity index (χ2n) is 8.92. The fourth-order valence-electron chi connectivity index (χ4n) is 3.78. The van der Waals surface area contributed by atoms with Gasteiger partial charge in [-0.15, -0.1) is 0 Å². The SMILES string of the molecule is CC(C)n1c(N(C)C)nc2c(F)cc(-c3nc(Nc4ccc(S(=O)(=O)N(C)C)cc4)ncc3Cl)cc21. The van der Waals surface area contributed by atoms with Crippen LogP contribution in [0.2, 0.25) is 5.02 Å². The van der Waals surface area contributed by atoms with E-state index in [1.165, 1.54) is 38.5 Å². The first-order valence-electron chi connectivity index (χ1n) is 11.1. The molecule has 12 heteroatoms. The highest BCUT2D eigenvalue weighted by atomic mass is 35.5. The molecule has 4 aromatic rings. The topological polar surface area (TPSA) is 96.2 Å². The van der Waals surface area contributed by atoms with Gasteiger partial charge in [-0.3, -0.25) is 0 Å². The molecule has 0 radical (unpaired) electrons. The van der Waals surface area contributed by atoms with Crippen molar-refractivity contribution >= 4 is 50.2 Å². The molecule has 0 aliphatic rings. The zero-order valence-electron chi connectivity index (χ0n) is 20.8. The molecule has 0 amide bonds. The summed E-state index contributed by atoms with van der Waals surface area (Å²) in [5.41, 5.74) is 2.31. The lowest BCUT2D eigenvalue weighted by atomic mass is 10.1. The number of hydrogen-bond donors (Lipinski definition) is 1. The van der Waals surface area contributed by atoms with E-state index in [2.05, 4.69) is 20.3 Å². The van der Waals surface area contributed by atoms with Gasteiger partial charge in [0.25, 0.3) is 0 Å². The number of imidazole rings is 1. The first-order chi connectivity index (χ1) is 16.9. The van der Waals surface area contributed by atoms with E-state index in [9.17, 15) is 8.42 Å². The van der Waals surface area contributed by atoms with Gasteiger partial charge in [-0.25, -0.2) is 32.1 Å². The Kier molecular flexibility index (Phi) is 6.91. The minimum absolute atomic E-state index is 0.0411. The summed E-state index contributed by atoms with van der Waals surface area (Å²) in [6.07, 6.45) is 1.43. The molecule has 0 fully saturated rings. The lowest BCUT2D eigenvalue weighted by Gasteiger charge is -2.18. The Hall–Kier alpha value is -3.28. The van der Waals surface area contributed by atoms with Crippen molar-refractivity contribution in [1.82, 2.24) is 23.8 Å². The van der Waals surface area contributed by atoms with Crippen molar-refractivity contribution in [3.05, 3.63) is 53.4 Å². The lowest BCUT2D eigenvalue weighted by Crippen LogP contribution is -2.22. The summed E-state index contributed by atoms with van der Waals surface area (Å²) < 4.78 is 42.9. The standard InChI is InChI=1S/C24H27ClFN7O2S/c1-14(2)33-20-12-15(11-19(26)22(20)30-24(33)31(3)4)21-18(25)13-27-23(29-21)28-16-7-9-17(10-8-16)36(34,35)32(5)6/h7-14H,1-6H3,(H,27,28,29). The fourth-order valence-corrected chi connectivity index (χ4v) is 4.88. The molecule has 2 heterocycles. The molecule has 0 unspecified atom stereocenters. The van der Waals surface area contributed by atoms with Crippen LogP contribution in [-0.4, -0.2) is 60.4 Å². The highest BCUT2D eigenvalue weighted by molar-refractivity contribution is 7.89. The van der Waals surface area contributed by atoms with Gasteiger partial charge in [-0.2, -0.15) is 0 Å². The fraction of sp³-hybridized carbons (Fsp3) is 0.292. The maximum Gasteiger partial charge on any atom is 0.242 e. The third kappa shape index (κ3) is 4.73. The molecule has 0 aliphatic heterocycles. The molecule has 36 heavy (non-hydrogen) atoms. The molecule has 0 aliphatic carbocycles. The quantitative estimate of drug-likeness (QED) is 0.361. The number of aromatic nitrogens is 4. The van der Waals surface area contributed by atoms with Gasteiger partial charge in [-0.1, -0.05) is 11.6 Å². The average molecular weight is 532 g/mol. The number of nitrogens with zero attached hydrogens (tertiary/aromatic N) is 6. The van der Waals surface area contributed by atoms with Crippen molar-refractivity contribution in [3.63, 3.8) is 0 Å². The van der Waals surface area contributed by atoms with Crippen LogP contribution in [0.4, 0.5) is 22.0 Å². The molecule has 2 aromatic carbocycles. The Morgan fingerprint density at radius 3 is 2.31 bits per heavy atom. The number of sulfonamides is 1. The Morgan fingerprint density at radius 2 is 1.72 bits per heavy atom. The van der Waals surface area contributed by atoms with Gasteiger partial charge in [-0.05, 0) is 50.2 Å². The van der Waals surface area contributed by atoms with E-state index in [-0.39, 0.29) is 27.4 Å². The van der Waals surface area contributed by atoms with Gasteiger partial charge in [0.2, 0.25) is 21.9 Å². The van der Waals surface area contributed by atoms with Crippen molar-refractivity contribution in [2.45, 2.75) is 24.8 Å². The first kappa shape index (κ1) is 25.8. The number of benzene rings is 2. The van der Waals surface area contributed by atoms with E-state index in [1.807, 2.05) is 43.5 Å². The Morgan fingerprint density at radius 1 is 1.06 bits per heavy atom. The van der Waals surface area contributed by atoms with Crippen molar-refractivity contribution in [1.29, 1.82) is 0 Å². The summed E-state index contributed by atoms with van der Waals surface area (Å²) in [6, 6.07) is 9.43. The predicted molar refractivity (Wildman–Crippen MR) is 141 cm³/mol. The maximum atomic E-state index is 15.2. The van der Waals surface area contributed by atoms with Gasteiger partial charge in [0.1, 0.15) is 5.52 Å².